The van der Waals surface area contributed by atoms with E-state index in [1.54, 1.807) is 18.2 Å². The van der Waals surface area contributed by atoms with E-state index in [0.29, 0.717) is 15.6 Å². The lowest BCUT2D eigenvalue weighted by Gasteiger charge is -2.12. The van der Waals surface area contributed by atoms with Gasteiger partial charge in [0.2, 0.25) is 10.0 Å². The van der Waals surface area contributed by atoms with E-state index in [9.17, 15) is 8.42 Å². The largest absolute Gasteiger partial charge is 0.487 e. The van der Waals surface area contributed by atoms with Crippen molar-refractivity contribution in [3.05, 3.63) is 57.0 Å². The van der Waals surface area contributed by atoms with Gasteiger partial charge in [-0.2, -0.15) is 0 Å². The van der Waals surface area contributed by atoms with Crippen LogP contribution in [0.4, 0.5) is 0 Å². The third kappa shape index (κ3) is 4.02. The monoisotopic (exact) mass is 365 g/mol. The lowest BCUT2D eigenvalue weighted by molar-refractivity contribution is 0.298. The van der Waals surface area contributed by atoms with E-state index < -0.39 is 10.0 Å². The topological polar surface area (TPSA) is 69.4 Å². The third-order valence-electron chi connectivity index (χ3n) is 2.63. The number of hydrogen-bond acceptors (Lipinski definition) is 3. The summed E-state index contributed by atoms with van der Waals surface area (Å²) < 4.78 is 28.5. The lowest BCUT2D eigenvalue weighted by Crippen LogP contribution is -2.14. The second-order valence-corrected chi connectivity index (χ2v) is 6.89. The highest BCUT2D eigenvalue weighted by molar-refractivity contribution is 7.89. The number of sulfonamides is 1. The second-order valence-electron chi connectivity index (χ2n) is 4.14. The van der Waals surface area contributed by atoms with Crippen molar-refractivity contribution in [2.45, 2.75) is 11.5 Å². The van der Waals surface area contributed by atoms with Gasteiger partial charge in [0.25, 0.3) is 0 Å². The summed E-state index contributed by atoms with van der Waals surface area (Å²) in [6.07, 6.45) is 0. The van der Waals surface area contributed by atoms with Crippen molar-refractivity contribution in [1.29, 1.82) is 0 Å². The molecule has 2 aromatic rings. The molecule has 0 aliphatic carbocycles. The van der Waals surface area contributed by atoms with Crippen LogP contribution in [0.15, 0.2) is 41.3 Å². The molecule has 0 aliphatic heterocycles. The molecule has 112 valence electrons. The van der Waals surface area contributed by atoms with Gasteiger partial charge in [0.15, 0.2) is 0 Å². The molecule has 0 spiro atoms. The Labute approximate surface area is 137 Å². The average Bonchev–Trinajstić information content (AvgIpc) is 2.40. The number of hydrogen-bond donors (Lipinski definition) is 1. The maximum Gasteiger partial charge on any atom is 0.241 e. The van der Waals surface area contributed by atoms with Gasteiger partial charge in [-0.15, -0.1) is 0 Å². The van der Waals surface area contributed by atoms with Crippen molar-refractivity contribution in [3.63, 3.8) is 0 Å². The first-order valence-corrected chi connectivity index (χ1v) is 8.35. The Morgan fingerprint density at radius 2 is 1.81 bits per heavy atom. The second kappa shape index (κ2) is 6.42. The Hall–Kier alpha value is -0.980. The molecule has 0 saturated heterocycles. The van der Waals surface area contributed by atoms with Crippen LogP contribution in [0.1, 0.15) is 5.56 Å². The summed E-state index contributed by atoms with van der Waals surface area (Å²) in [6, 6.07) is 9.25. The fraction of sp³-hybridized carbons (Fsp3) is 0.0769. The predicted octanol–water partition coefficient (Wildman–Crippen LogP) is 3.87. The molecule has 2 N–H and O–H groups in total. The van der Waals surface area contributed by atoms with E-state index in [-0.39, 0.29) is 22.3 Å². The molecule has 0 amide bonds. The molecule has 4 nitrogen and oxygen atoms in total. The first kappa shape index (κ1) is 16.4. The number of rotatable bonds is 4. The summed E-state index contributed by atoms with van der Waals surface area (Å²) in [5.41, 5.74) is 0.625. The van der Waals surface area contributed by atoms with Crippen LogP contribution < -0.4 is 9.88 Å². The van der Waals surface area contributed by atoms with Crippen LogP contribution in [0.25, 0.3) is 0 Å². The highest BCUT2D eigenvalue weighted by Crippen LogP contribution is 2.29. The van der Waals surface area contributed by atoms with Crippen molar-refractivity contribution in [2.24, 2.45) is 5.14 Å². The Balaban J connectivity index is 2.31. The van der Waals surface area contributed by atoms with E-state index in [1.807, 2.05) is 0 Å². The number of benzene rings is 2. The highest BCUT2D eigenvalue weighted by atomic mass is 35.5. The zero-order chi connectivity index (χ0) is 15.6. The van der Waals surface area contributed by atoms with Crippen LogP contribution in [0.5, 0.6) is 5.75 Å². The van der Waals surface area contributed by atoms with Crippen molar-refractivity contribution < 1.29 is 13.2 Å². The Kier molecular flexibility index (Phi) is 5.01. The summed E-state index contributed by atoms with van der Waals surface area (Å²) in [6.45, 7) is 0.0452. The SMILES string of the molecule is NS(=O)(=O)c1cc(Cl)ccc1OCc1cccc(Cl)c1Cl. The van der Waals surface area contributed by atoms with Crippen LogP contribution in [-0.2, 0) is 16.6 Å². The van der Waals surface area contributed by atoms with Gasteiger partial charge in [0, 0.05) is 10.6 Å². The van der Waals surface area contributed by atoms with E-state index in [2.05, 4.69) is 0 Å². The molecule has 0 saturated carbocycles. The highest BCUT2D eigenvalue weighted by Gasteiger charge is 2.16. The zero-order valence-corrected chi connectivity index (χ0v) is 13.6. The van der Waals surface area contributed by atoms with Gasteiger partial charge in [-0.05, 0) is 24.3 Å². The molecule has 0 unspecified atom stereocenters. The Morgan fingerprint density at radius 3 is 2.48 bits per heavy atom. The van der Waals surface area contributed by atoms with Gasteiger partial charge in [0.05, 0.1) is 10.0 Å². The first-order chi connectivity index (χ1) is 9.79. The van der Waals surface area contributed by atoms with Crippen molar-refractivity contribution >= 4 is 44.8 Å². The molecule has 0 radical (unpaired) electrons. The van der Waals surface area contributed by atoms with E-state index in [1.165, 1.54) is 18.2 Å². The molecular weight excluding hydrogens is 357 g/mol. The van der Waals surface area contributed by atoms with Crippen LogP contribution in [0.3, 0.4) is 0 Å². The van der Waals surface area contributed by atoms with Gasteiger partial charge >= 0.3 is 0 Å². The van der Waals surface area contributed by atoms with E-state index in [4.69, 9.17) is 44.7 Å². The first-order valence-electron chi connectivity index (χ1n) is 5.67. The van der Waals surface area contributed by atoms with Gasteiger partial charge < -0.3 is 4.74 Å². The summed E-state index contributed by atoms with van der Waals surface area (Å²) in [7, 11) is -3.95. The lowest BCUT2D eigenvalue weighted by atomic mass is 10.2. The normalized spacial score (nSPS) is 11.4. The average molecular weight is 367 g/mol. The fourth-order valence-electron chi connectivity index (χ4n) is 1.64. The van der Waals surface area contributed by atoms with Crippen molar-refractivity contribution in [1.82, 2.24) is 0 Å². The molecule has 0 atom stereocenters. The Bertz CT molecular complexity index is 778. The molecule has 0 heterocycles. The van der Waals surface area contributed by atoms with Crippen LogP contribution in [0.2, 0.25) is 15.1 Å². The van der Waals surface area contributed by atoms with Crippen molar-refractivity contribution in [2.75, 3.05) is 0 Å². The maximum absolute atomic E-state index is 11.5. The maximum atomic E-state index is 11.5. The number of ether oxygens (including phenoxy) is 1. The molecule has 0 aromatic heterocycles. The van der Waals surface area contributed by atoms with Crippen LogP contribution >= 0.6 is 34.8 Å². The van der Waals surface area contributed by atoms with Crippen LogP contribution in [-0.4, -0.2) is 8.42 Å². The van der Waals surface area contributed by atoms with Crippen LogP contribution in [0, 0.1) is 0 Å². The fourth-order valence-corrected chi connectivity index (χ4v) is 2.95. The summed E-state index contributed by atoms with van der Waals surface area (Å²) in [5, 5.41) is 6.12. The van der Waals surface area contributed by atoms with E-state index in [0.717, 1.165) is 0 Å². The molecule has 0 fully saturated rings. The molecule has 21 heavy (non-hydrogen) atoms. The van der Waals surface area contributed by atoms with Gasteiger partial charge in [-0.1, -0.05) is 46.9 Å². The quantitative estimate of drug-likeness (QED) is 0.893. The van der Waals surface area contributed by atoms with Gasteiger partial charge in [-0.25, -0.2) is 13.6 Å². The van der Waals surface area contributed by atoms with Gasteiger partial charge in [0.1, 0.15) is 17.3 Å². The smallest absolute Gasteiger partial charge is 0.241 e. The zero-order valence-electron chi connectivity index (χ0n) is 10.5. The minimum absolute atomic E-state index is 0.0452. The Morgan fingerprint density at radius 1 is 1.10 bits per heavy atom. The summed E-state index contributed by atoms with van der Waals surface area (Å²) in [4.78, 5) is -0.187. The number of primary sulfonamides is 1. The summed E-state index contributed by atoms with van der Waals surface area (Å²) in [5.74, 6) is 0.0953. The minimum atomic E-state index is -3.95. The molecule has 8 heteroatoms. The molecule has 0 aliphatic rings. The number of nitrogens with two attached hydrogens (primary N) is 1. The van der Waals surface area contributed by atoms with Crippen molar-refractivity contribution in [3.8, 4) is 5.75 Å². The summed E-state index contributed by atoms with van der Waals surface area (Å²) >= 11 is 17.7. The molecular formula is C13H10Cl3NO3S. The third-order valence-corrected chi connectivity index (χ3v) is 4.65. The standard InChI is InChI=1S/C13H10Cl3NO3S/c14-9-4-5-11(12(6-9)21(17,18)19)20-7-8-2-1-3-10(15)13(8)16/h1-6H,7H2,(H2,17,18,19). The van der Waals surface area contributed by atoms with Gasteiger partial charge in [-0.3, -0.25) is 0 Å². The predicted molar refractivity (Wildman–Crippen MR) is 83.6 cm³/mol. The molecule has 0 bridgehead atoms. The van der Waals surface area contributed by atoms with E-state index >= 15 is 0 Å². The minimum Gasteiger partial charge on any atom is -0.487 e. The molecule has 2 rings (SSSR count). The number of halogens is 3. The molecule has 2 aromatic carbocycles.